The highest BCUT2D eigenvalue weighted by atomic mass is 16.3. The summed E-state index contributed by atoms with van der Waals surface area (Å²) in [5.41, 5.74) is 6.55. The number of hydrogen-bond acceptors (Lipinski definition) is 3. The fourth-order valence-electron chi connectivity index (χ4n) is 1.48. The number of anilines is 1. The number of fused-ring (bicyclic) bond motifs is 1. The van der Waals surface area contributed by atoms with Gasteiger partial charge in [0, 0.05) is 18.1 Å². The lowest BCUT2D eigenvalue weighted by Gasteiger charge is -2.05. The summed E-state index contributed by atoms with van der Waals surface area (Å²) in [6.45, 7) is 0. The molecule has 4 nitrogen and oxygen atoms in total. The largest absolute Gasteiger partial charge is 0.503 e. The van der Waals surface area contributed by atoms with E-state index in [1.54, 1.807) is 25.2 Å². The summed E-state index contributed by atoms with van der Waals surface area (Å²) >= 11 is 0. The third-order valence-corrected chi connectivity index (χ3v) is 2.23. The maximum atomic E-state index is 11.3. The van der Waals surface area contributed by atoms with Crippen LogP contribution in [0.3, 0.4) is 0 Å². The van der Waals surface area contributed by atoms with Gasteiger partial charge in [-0.3, -0.25) is 4.79 Å². The molecule has 0 saturated heterocycles. The summed E-state index contributed by atoms with van der Waals surface area (Å²) in [4.78, 5) is 11.3. The van der Waals surface area contributed by atoms with Gasteiger partial charge in [-0.1, -0.05) is 0 Å². The van der Waals surface area contributed by atoms with Crippen molar-refractivity contribution in [3.8, 4) is 5.75 Å². The fourth-order valence-corrected chi connectivity index (χ4v) is 1.48. The number of nitrogens with two attached hydrogens (primary N) is 1. The van der Waals surface area contributed by atoms with Gasteiger partial charge in [0.25, 0.3) is 5.56 Å². The van der Waals surface area contributed by atoms with Gasteiger partial charge in [-0.25, -0.2) is 0 Å². The van der Waals surface area contributed by atoms with Crippen LogP contribution >= 0.6 is 0 Å². The number of aromatic nitrogens is 1. The first-order valence-corrected chi connectivity index (χ1v) is 4.18. The van der Waals surface area contributed by atoms with Gasteiger partial charge in [0.1, 0.15) is 0 Å². The zero-order valence-corrected chi connectivity index (χ0v) is 7.69. The van der Waals surface area contributed by atoms with Gasteiger partial charge < -0.3 is 15.4 Å². The second kappa shape index (κ2) is 2.77. The lowest BCUT2D eigenvalue weighted by atomic mass is 10.2. The number of rotatable bonds is 0. The normalized spacial score (nSPS) is 10.6. The second-order valence-corrected chi connectivity index (χ2v) is 3.21. The van der Waals surface area contributed by atoms with Crippen LogP contribution in [-0.2, 0) is 7.05 Å². The number of aromatic hydroxyl groups is 1. The quantitative estimate of drug-likeness (QED) is 0.604. The van der Waals surface area contributed by atoms with Crippen LogP contribution in [0.5, 0.6) is 5.75 Å². The van der Waals surface area contributed by atoms with Crippen molar-refractivity contribution in [2.75, 3.05) is 5.73 Å². The molecule has 0 fully saturated rings. The van der Waals surface area contributed by atoms with Gasteiger partial charge in [0.15, 0.2) is 5.75 Å². The highest BCUT2D eigenvalue weighted by molar-refractivity contribution is 5.83. The molecule has 72 valence electrons. The van der Waals surface area contributed by atoms with Gasteiger partial charge in [-0.05, 0) is 24.3 Å². The molecule has 2 rings (SSSR count). The van der Waals surface area contributed by atoms with E-state index in [2.05, 4.69) is 0 Å². The van der Waals surface area contributed by atoms with E-state index in [1.807, 2.05) is 0 Å². The third-order valence-electron chi connectivity index (χ3n) is 2.23. The SMILES string of the molecule is Cn1c(=O)c(O)cc2cc(N)ccc21. The molecule has 0 aliphatic carbocycles. The minimum Gasteiger partial charge on any atom is -0.503 e. The van der Waals surface area contributed by atoms with Crippen molar-refractivity contribution in [3.05, 3.63) is 34.6 Å². The number of aryl methyl sites for hydroxylation is 1. The molecule has 0 amide bonds. The summed E-state index contributed by atoms with van der Waals surface area (Å²) < 4.78 is 1.39. The standard InChI is InChI=1S/C10H10N2O2/c1-12-8-3-2-7(11)4-6(8)5-9(13)10(12)14/h2-5,13H,11H2,1H3. The van der Waals surface area contributed by atoms with Crippen molar-refractivity contribution >= 4 is 16.6 Å². The van der Waals surface area contributed by atoms with E-state index in [0.29, 0.717) is 5.69 Å². The van der Waals surface area contributed by atoms with E-state index in [4.69, 9.17) is 5.73 Å². The molecule has 0 saturated carbocycles. The first-order valence-electron chi connectivity index (χ1n) is 4.18. The van der Waals surface area contributed by atoms with Crippen molar-refractivity contribution in [3.63, 3.8) is 0 Å². The van der Waals surface area contributed by atoms with Crippen LogP contribution in [0.1, 0.15) is 0 Å². The van der Waals surface area contributed by atoms with Crippen LogP contribution in [0.15, 0.2) is 29.1 Å². The number of hydrogen-bond donors (Lipinski definition) is 2. The average Bonchev–Trinajstić information content (AvgIpc) is 2.14. The Morgan fingerprint density at radius 2 is 2.07 bits per heavy atom. The topological polar surface area (TPSA) is 68.2 Å². The highest BCUT2D eigenvalue weighted by Gasteiger charge is 2.04. The van der Waals surface area contributed by atoms with E-state index in [9.17, 15) is 9.90 Å². The monoisotopic (exact) mass is 190 g/mol. The van der Waals surface area contributed by atoms with Crippen molar-refractivity contribution in [1.29, 1.82) is 0 Å². The van der Waals surface area contributed by atoms with Crippen molar-refractivity contribution in [1.82, 2.24) is 4.57 Å². The molecule has 0 bridgehead atoms. The number of pyridine rings is 1. The van der Waals surface area contributed by atoms with Gasteiger partial charge in [0.2, 0.25) is 0 Å². The van der Waals surface area contributed by atoms with Crippen LogP contribution in [0.4, 0.5) is 5.69 Å². The predicted molar refractivity (Wildman–Crippen MR) is 55.3 cm³/mol. The first kappa shape index (κ1) is 8.62. The summed E-state index contributed by atoms with van der Waals surface area (Å²) in [6.07, 6.45) is 0. The van der Waals surface area contributed by atoms with Crippen LogP contribution < -0.4 is 11.3 Å². The molecule has 4 heteroatoms. The van der Waals surface area contributed by atoms with E-state index in [-0.39, 0.29) is 5.75 Å². The minimum atomic E-state index is -0.401. The number of benzene rings is 1. The molecule has 1 aromatic heterocycles. The Morgan fingerprint density at radius 3 is 2.79 bits per heavy atom. The summed E-state index contributed by atoms with van der Waals surface area (Å²) in [6, 6.07) is 6.62. The third kappa shape index (κ3) is 1.12. The van der Waals surface area contributed by atoms with Crippen molar-refractivity contribution in [2.45, 2.75) is 0 Å². The summed E-state index contributed by atoms with van der Waals surface area (Å²) in [7, 11) is 1.61. The predicted octanol–water partition coefficient (Wildman–Crippen LogP) is 0.826. The lowest BCUT2D eigenvalue weighted by Crippen LogP contribution is -2.16. The molecule has 0 radical (unpaired) electrons. The fraction of sp³-hybridized carbons (Fsp3) is 0.100. The van der Waals surface area contributed by atoms with E-state index in [1.165, 1.54) is 10.6 Å². The number of nitrogen functional groups attached to an aromatic ring is 1. The van der Waals surface area contributed by atoms with Gasteiger partial charge in [0.05, 0.1) is 5.52 Å². The van der Waals surface area contributed by atoms with Gasteiger partial charge >= 0.3 is 0 Å². The maximum absolute atomic E-state index is 11.3. The average molecular weight is 190 g/mol. The molecular weight excluding hydrogens is 180 g/mol. The lowest BCUT2D eigenvalue weighted by molar-refractivity contribution is 0.463. The molecular formula is C10H10N2O2. The first-order chi connectivity index (χ1) is 6.59. The Bertz CT molecular complexity index is 558. The van der Waals surface area contributed by atoms with E-state index in [0.717, 1.165) is 10.9 Å². The van der Waals surface area contributed by atoms with Crippen LogP contribution in [0.25, 0.3) is 10.9 Å². The minimum absolute atomic E-state index is 0.259. The summed E-state index contributed by atoms with van der Waals surface area (Å²) in [5, 5.41) is 10.1. The zero-order valence-electron chi connectivity index (χ0n) is 7.69. The smallest absolute Gasteiger partial charge is 0.292 e. The second-order valence-electron chi connectivity index (χ2n) is 3.21. The molecule has 0 unspecified atom stereocenters. The van der Waals surface area contributed by atoms with Gasteiger partial charge in [-0.2, -0.15) is 0 Å². The molecule has 0 spiro atoms. The Kier molecular flexibility index (Phi) is 1.70. The van der Waals surface area contributed by atoms with Crippen molar-refractivity contribution in [2.24, 2.45) is 7.05 Å². The maximum Gasteiger partial charge on any atom is 0.292 e. The Balaban J connectivity index is 2.98. The Hall–Kier alpha value is -1.97. The molecule has 0 aliphatic heterocycles. The molecule has 0 aliphatic rings. The van der Waals surface area contributed by atoms with E-state index < -0.39 is 5.56 Å². The Morgan fingerprint density at radius 1 is 1.36 bits per heavy atom. The molecule has 0 atom stereocenters. The molecule has 3 N–H and O–H groups in total. The van der Waals surface area contributed by atoms with Crippen LogP contribution in [0, 0.1) is 0 Å². The van der Waals surface area contributed by atoms with Gasteiger partial charge in [-0.15, -0.1) is 0 Å². The molecule has 14 heavy (non-hydrogen) atoms. The van der Waals surface area contributed by atoms with Crippen LogP contribution in [-0.4, -0.2) is 9.67 Å². The zero-order chi connectivity index (χ0) is 10.3. The highest BCUT2D eigenvalue weighted by Crippen LogP contribution is 2.18. The van der Waals surface area contributed by atoms with Crippen LogP contribution in [0.2, 0.25) is 0 Å². The number of nitrogens with zero attached hydrogens (tertiary/aromatic N) is 1. The molecule has 2 aromatic rings. The molecule has 1 heterocycles. The van der Waals surface area contributed by atoms with E-state index >= 15 is 0 Å². The van der Waals surface area contributed by atoms with Crippen molar-refractivity contribution < 1.29 is 5.11 Å². The summed E-state index contributed by atoms with van der Waals surface area (Å²) in [5.74, 6) is -0.259. The molecule has 1 aromatic carbocycles. The Labute approximate surface area is 80.2 Å².